The smallest absolute Gasteiger partial charge is 0.251 e. The molecule has 2 aromatic rings. The molecule has 1 aliphatic heterocycles. The van der Waals surface area contributed by atoms with Crippen LogP contribution >= 0.6 is 11.8 Å². The fourth-order valence-corrected chi connectivity index (χ4v) is 3.42. The molecular formula is C19H20N2O3S. The van der Waals surface area contributed by atoms with Gasteiger partial charge in [-0.05, 0) is 49.7 Å². The first-order valence-electron chi connectivity index (χ1n) is 8.12. The van der Waals surface area contributed by atoms with Gasteiger partial charge in [-0.15, -0.1) is 11.8 Å². The van der Waals surface area contributed by atoms with Crippen molar-refractivity contribution >= 4 is 29.3 Å². The van der Waals surface area contributed by atoms with Crippen molar-refractivity contribution in [1.82, 2.24) is 5.32 Å². The number of thioether (sulfide) groups is 1. The number of hydrogen-bond donors (Lipinski definition) is 2. The topological polar surface area (TPSA) is 67.4 Å². The van der Waals surface area contributed by atoms with Crippen molar-refractivity contribution in [2.24, 2.45) is 0 Å². The molecule has 2 aromatic carbocycles. The third kappa shape index (κ3) is 4.33. The molecule has 2 amide bonds. The molecule has 1 aliphatic rings. The summed E-state index contributed by atoms with van der Waals surface area (Å²) in [6.07, 6.45) is 0. The van der Waals surface area contributed by atoms with Crippen LogP contribution in [0, 0.1) is 6.92 Å². The second-order valence-electron chi connectivity index (χ2n) is 5.88. The molecule has 0 aliphatic carbocycles. The van der Waals surface area contributed by atoms with E-state index in [1.54, 1.807) is 12.1 Å². The quantitative estimate of drug-likeness (QED) is 0.807. The summed E-state index contributed by atoms with van der Waals surface area (Å²) < 4.78 is 5.61. The minimum absolute atomic E-state index is 0.0402. The fraction of sp³-hybridized carbons (Fsp3) is 0.263. The molecular weight excluding hydrogens is 336 g/mol. The Labute approximate surface area is 151 Å². The number of amides is 2. The highest BCUT2D eigenvalue weighted by Crippen LogP contribution is 2.35. The zero-order valence-electron chi connectivity index (χ0n) is 14.2. The van der Waals surface area contributed by atoms with Crippen LogP contribution in [-0.2, 0) is 4.79 Å². The van der Waals surface area contributed by atoms with Gasteiger partial charge in [0.2, 0.25) is 5.91 Å². The van der Waals surface area contributed by atoms with Crippen LogP contribution in [0.15, 0.2) is 47.4 Å². The van der Waals surface area contributed by atoms with Crippen molar-refractivity contribution in [3.05, 3.63) is 53.6 Å². The minimum atomic E-state index is -0.187. The average molecular weight is 356 g/mol. The number of ether oxygens (including phenoxy) is 1. The SMILES string of the molecule is Cc1cccc(OCCNC(=O)c2ccc3c(c2)NC(=O)[C@@H](C)S3)c1. The molecule has 1 atom stereocenters. The van der Waals surface area contributed by atoms with Crippen molar-refractivity contribution in [3.8, 4) is 5.75 Å². The van der Waals surface area contributed by atoms with E-state index in [1.807, 2.05) is 44.2 Å². The van der Waals surface area contributed by atoms with Crippen molar-refractivity contribution < 1.29 is 14.3 Å². The Morgan fingerprint density at radius 2 is 2.12 bits per heavy atom. The Kier molecular flexibility index (Phi) is 5.28. The van der Waals surface area contributed by atoms with Gasteiger partial charge in [0, 0.05) is 10.5 Å². The lowest BCUT2D eigenvalue weighted by molar-refractivity contribution is -0.115. The first-order chi connectivity index (χ1) is 12.0. The molecule has 2 N–H and O–H groups in total. The Balaban J connectivity index is 1.53. The molecule has 0 bridgehead atoms. The summed E-state index contributed by atoms with van der Waals surface area (Å²) in [6, 6.07) is 13.1. The van der Waals surface area contributed by atoms with E-state index in [0.29, 0.717) is 24.4 Å². The molecule has 0 saturated carbocycles. The molecule has 5 nitrogen and oxygen atoms in total. The highest BCUT2D eigenvalue weighted by Gasteiger charge is 2.23. The molecule has 0 saturated heterocycles. The van der Waals surface area contributed by atoms with Crippen molar-refractivity contribution in [2.45, 2.75) is 24.0 Å². The molecule has 0 fully saturated rings. The summed E-state index contributed by atoms with van der Waals surface area (Å²) in [7, 11) is 0. The lowest BCUT2D eigenvalue weighted by Crippen LogP contribution is -2.29. The molecule has 3 rings (SSSR count). The Bertz CT molecular complexity index is 807. The van der Waals surface area contributed by atoms with Crippen molar-refractivity contribution in [1.29, 1.82) is 0 Å². The maximum absolute atomic E-state index is 12.3. The Morgan fingerprint density at radius 3 is 2.92 bits per heavy atom. The van der Waals surface area contributed by atoms with Gasteiger partial charge in [0.1, 0.15) is 12.4 Å². The lowest BCUT2D eigenvalue weighted by atomic mass is 10.1. The molecule has 6 heteroatoms. The summed E-state index contributed by atoms with van der Waals surface area (Å²) in [5, 5.41) is 5.54. The van der Waals surface area contributed by atoms with E-state index in [4.69, 9.17) is 4.74 Å². The highest BCUT2D eigenvalue weighted by molar-refractivity contribution is 8.00. The molecule has 0 radical (unpaired) electrons. The monoisotopic (exact) mass is 356 g/mol. The van der Waals surface area contributed by atoms with Gasteiger partial charge in [-0.2, -0.15) is 0 Å². The predicted octanol–water partition coefficient (Wildman–Crippen LogP) is 3.24. The Hall–Kier alpha value is -2.47. The van der Waals surface area contributed by atoms with E-state index in [1.165, 1.54) is 11.8 Å². The number of carbonyl (C=O) groups is 2. The predicted molar refractivity (Wildman–Crippen MR) is 99.4 cm³/mol. The van der Waals surface area contributed by atoms with Crippen LogP contribution in [-0.4, -0.2) is 30.2 Å². The summed E-state index contributed by atoms with van der Waals surface area (Å²) in [6.45, 7) is 4.66. The summed E-state index contributed by atoms with van der Waals surface area (Å²) in [5.74, 6) is 0.562. The van der Waals surface area contributed by atoms with Gasteiger partial charge in [-0.1, -0.05) is 12.1 Å². The van der Waals surface area contributed by atoms with E-state index in [2.05, 4.69) is 10.6 Å². The molecule has 130 valence electrons. The van der Waals surface area contributed by atoms with E-state index < -0.39 is 0 Å². The third-order valence-corrected chi connectivity index (χ3v) is 5.00. The van der Waals surface area contributed by atoms with E-state index in [-0.39, 0.29) is 17.1 Å². The number of aryl methyl sites for hydroxylation is 1. The molecule has 1 heterocycles. The van der Waals surface area contributed by atoms with E-state index >= 15 is 0 Å². The Morgan fingerprint density at radius 1 is 1.28 bits per heavy atom. The van der Waals surface area contributed by atoms with Gasteiger partial charge in [-0.25, -0.2) is 0 Å². The van der Waals surface area contributed by atoms with Crippen LogP contribution < -0.4 is 15.4 Å². The fourth-order valence-electron chi connectivity index (χ4n) is 2.49. The molecule has 0 aromatic heterocycles. The second kappa shape index (κ2) is 7.61. The average Bonchev–Trinajstić information content (AvgIpc) is 2.59. The number of fused-ring (bicyclic) bond motifs is 1. The second-order valence-corrected chi connectivity index (χ2v) is 7.26. The summed E-state index contributed by atoms with van der Waals surface area (Å²) in [5.41, 5.74) is 2.34. The maximum Gasteiger partial charge on any atom is 0.251 e. The number of anilines is 1. The first kappa shape index (κ1) is 17.4. The number of carbonyl (C=O) groups excluding carboxylic acids is 2. The van der Waals surface area contributed by atoms with Crippen LogP contribution in [0.5, 0.6) is 5.75 Å². The zero-order chi connectivity index (χ0) is 17.8. The normalized spacial score (nSPS) is 15.9. The largest absolute Gasteiger partial charge is 0.492 e. The third-order valence-electron chi connectivity index (χ3n) is 3.82. The van der Waals surface area contributed by atoms with Gasteiger partial charge in [0.25, 0.3) is 5.91 Å². The first-order valence-corrected chi connectivity index (χ1v) is 9.00. The van der Waals surface area contributed by atoms with Crippen LogP contribution in [0.4, 0.5) is 5.69 Å². The van der Waals surface area contributed by atoms with Gasteiger partial charge in [0.15, 0.2) is 0 Å². The lowest BCUT2D eigenvalue weighted by Gasteiger charge is -2.21. The van der Waals surface area contributed by atoms with Crippen LogP contribution in [0.3, 0.4) is 0 Å². The maximum atomic E-state index is 12.3. The summed E-state index contributed by atoms with van der Waals surface area (Å²) in [4.78, 5) is 25.0. The highest BCUT2D eigenvalue weighted by atomic mass is 32.2. The van der Waals surface area contributed by atoms with Crippen molar-refractivity contribution in [3.63, 3.8) is 0 Å². The summed E-state index contributed by atoms with van der Waals surface area (Å²) >= 11 is 1.50. The minimum Gasteiger partial charge on any atom is -0.492 e. The standard InChI is InChI=1S/C19H20N2O3S/c1-12-4-3-5-15(10-12)24-9-8-20-19(23)14-6-7-17-16(11-14)21-18(22)13(2)25-17/h3-7,10-11,13H,8-9H2,1-2H3,(H,20,23)(H,21,22)/t13-/m1/s1. The van der Waals surface area contributed by atoms with Crippen molar-refractivity contribution in [2.75, 3.05) is 18.5 Å². The van der Waals surface area contributed by atoms with Gasteiger partial charge in [0.05, 0.1) is 17.5 Å². The van der Waals surface area contributed by atoms with E-state index in [9.17, 15) is 9.59 Å². The molecule has 0 spiro atoms. The number of rotatable bonds is 5. The van der Waals surface area contributed by atoms with Gasteiger partial charge >= 0.3 is 0 Å². The van der Waals surface area contributed by atoms with Crippen LogP contribution in [0.1, 0.15) is 22.8 Å². The van der Waals surface area contributed by atoms with Gasteiger partial charge < -0.3 is 15.4 Å². The van der Waals surface area contributed by atoms with Crippen LogP contribution in [0.25, 0.3) is 0 Å². The number of hydrogen-bond acceptors (Lipinski definition) is 4. The van der Waals surface area contributed by atoms with E-state index in [0.717, 1.165) is 16.2 Å². The van der Waals surface area contributed by atoms with Gasteiger partial charge in [-0.3, -0.25) is 9.59 Å². The zero-order valence-corrected chi connectivity index (χ0v) is 15.0. The molecule has 25 heavy (non-hydrogen) atoms. The number of nitrogens with one attached hydrogen (secondary N) is 2. The number of benzene rings is 2. The van der Waals surface area contributed by atoms with Crippen LogP contribution in [0.2, 0.25) is 0 Å². The molecule has 0 unspecified atom stereocenters.